The maximum atomic E-state index is 13.9. The maximum absolute atomic E-state index is 13.9. The molecule has 1 atom stereocenters. The van der Waals surface area contributed by atoms with Gasteiger partial charge in [-0.2, -0.15) is 0 Å². The van der Waals surface area contributed by atoms with Gasteiger partial charge in [0.05, 0.1) is 24.7 Å². The second-order valence-corrected chi connectivity index (χ2v) is 8.70. The van der Waals surface area contributed by atoms with Crippen molar-refractivity contribution in [2.75, 3.05) is 13.7 Å². The van der Waals surface area contributed by atoms with E-state index in [9.17, 15) is 23.2 Å². The number of hydrogen-bond donors (Lipinski definition) is 1. The van der Waals surface area contributed by atoms with E-state index in [1.54, 1.807) is 18.4 Å². The first-order valence-corrected chi connectivity index (χ1v) is 10.3. The third kappa shape index (κ3) is 3.31. The monoisotopic (exact) mass is 446 g/mol. The largest absolute Gasteiger partial charge is 0.491 e. The average Bonchev–Trinajstić information content (AvgIpc) is 3.22. The van der Waals surface area contributed by atoms with Gasteiger partial charge in [0.2, 0.25) is 5.43 Å². The highest BCUT2D eigenvalue weighted by Crippen LogP contribution is 2.48. The van der Waals surface area contributed by atoms with Crippen molar-refractivity contribution in [1.82, 2.24) is 9.88 Å². The zero-order valence-electron chi connectivity index (χ0n) is 18.1. The summed E-state index contributed by atoms with van der Waals surface area (Å²) in [5, 5.41) is 2.48. The number of carbonyl (C=O) groups is 2. The van der Waals surface area contributed by atoms with Crippen LogP contribution in [0.3, 0.4) is 0 Å². The molecule has 1 aromatic heterocycles. The Balaban J connectivity index is 1.72. The predicted octanol–water partition coefficient (Wildman–Crippen LogP) is 2.84. The molecule has 4 rings (SSSR count). The quantitative estimate of drug-likeness (QED) is 0.781. The van der Waals surface area contributed by atoms with Crippen LogP contribution >= 0.6 is 0 Å². The van der Waals surface area contributed by atoms with Crippen molar-refractivity contribution >= 4 is 11.7 Å². The fourth-order valence-electron chi connectivity index (χ4n) is 4.58. The molecule has 1 spiro atoms. The Hall–Kier alpha value is -3.07. The molecule has 0 bridgehead atoms. The van der Waals surface area contributed by atoms with Crippen molar-refractivity contribution in [2.45, 2.75) is 45.4 Å². The molecular formula is C23H24F2N2O5. The fourth-order valence-corrected chi connectivity index (χ4v) is 4.58. The first-order chi connectivity index (χ1) is 15.1. The number of fused-ring (bicyclic) bond motifs is 1. The average molecular weight is 446 g/mol. The molecule has 1 fully saturated rings. The minimum absolute atomic E-state index is 0.0695. The lowest BCUT2D eigenvalue weighted by atomic mass is 9.67. The third-order valence-corrected chi connectivity index (χ3v) is 6.59. The van der Waals surface area contributed by atoms with E-state index in [0.29, 0.717) is 19.1 Å². The molecule has 0 saturated carbocycles. The Morgan fingerprint density at radius 2 is 2.03 bits per heavy atom. The van der Waals surface area contributed by atoms with E-state index in [-0.39, 0.29) is 41.4 Å². The zero-order valence-corrected chi connectivity index (χ0v) is 18.1. The van der Waals surface area contributed by atoms with E-state index < -0.39 is 34.0 Å². The molecule has 32 heavy (non-hydrogen) atoms. The summed E-state index contributed by atoms with van der Waals surface area (Å²) in [4.78, 5) is 39.2. The van der Waals surface area contributed by atoms with Gasteiger partial charge >= 0.3 is 0 Å². The van der Waals surface area contributed by atoms with Gasteiger partial charge in [-0.1, -0.05) is 6.07 Å². The van der Waals surface area contributed by atoms with Crippen LogP contribution in [-0.4, -0.2) is 35.6 Å². The van der Waals surface area contributed by atoms with Crippen molar-refractivity contribution < 1.29 is 27.8 Å². The van der Waals surface area contributed by atoms with Crippen LogP contribution in [0, 0.1) is 17.0 Å². The fraction of sp³-hybridized carbons (Fsp3) is 0.435. The lowest BCUT2D eigenvalue weighted by Crippen LogP contribution is -2.57. The summed E-state index contributed by atoms with van der Waals surface area (Å²) in [5.41, 5.74) is -2.43. The minimum atomic E-state index is -0.882. The molecule has 1 aromatic carbocycles. The topological polar surface area (TPSA) is 86.6 Å². The van der Waals surface area contributed by atoms with Crippen molar-refractivity contribution in [2.24, 2.45) is 5.41 Å². The Morgan fingerprint density at radius 1 is 1.28 bits per heavy atom. The molecule has 1 saturated heterocycles. The lowest BCUT2D eigenvalue weighted by molar-refractivity contribution is -0.0877. The number of nitrogens with zero attached hydrogens (tertiary/aromatic N) is 1. The summed E-state index contributed by atoms with van der Waals surface area (Å²) in [5.74, 6) is -2.80. The number of carbonyl (C=O) groups excluding carboxylic acids is 2. The molecule has 9 heteroatoms. The normalized spacial score (nSPS) is 21.5. The van der Waals surface area contributed by atoms with Crippen LogP contribution in [0.2, 0.25) is 0 Å². The van der Waals surface area contributed by atoms with E-state index in [4.69, 9.17) is 9.47 Å². The standard InChI is InChI=1S/C23H24F2N2O5/c1-22(2)20(29)17-19(31-3)18(28)15(11-27(17)12-23(22)7-4-8-32-23)21(30)26-10-13-5-6-14(24)9-16(13)25/h5-6,9,11H,4,7-8,10,12H2,1-3H3,(H,26,30). The third-order valence-electron chi connectivity index (χ3n) is 6.59. The molecule has 0 radical (unpaired) electrons. The molecule has 3 heterocycles. The summed E-state index contributed by atoms with van der Waals surface area (Å²) in [6.07, 6.45) is 2.80. The van der Waals surface area contributed by atoms with Gasteiger partial charge in [-0.05, 0) is 32.8 Å². The number of nitrogens with one attached hydrogen (secondary N) is 1. The molecule has 7 nitrogen and oxygen atoms in total. The molecule has 1 amide bonds. The van der Waals surface area contributed by atoms with Gasteiger partial charge < -0.3 is 19.4 Å². The minimum Gasteiger partial charge on any atom is -0.491 e. The first kappa shape index (κ1) is 22.1. The Kier molecular flexibility index (Phi) is 5.40. The number of ketones is 1. The number of hydrogen-bond acceptors (Lipinski definition) is 5. The van der Waals surface area contributed by atoms with Gasteiger partial charge in [0.25, 0.3) is 5.91 Å². The number of aromatic nitrogens is 1. The van der Waals surface area contributed by atoms with E-state index in [1.807, 2.05) is 0 Å². The van der Waals surface area contributed by atoms with Gasteiger partial charge in [0.1, 0.15) is 22.9 Å². The summed E-state index contributed by atoms with van der Waals surface area (Å²) < 4.78 is 39.8. The number of benzene rings is 1. The van der Waals surface area contributed by atoms with Gasteiger partial charge in [-0.3, -0.25) is 14.4 Å². The zero-order chi connectivity index (χ0) is 23.3. The van der Waals surface area contributed by atoms with Crippen molar-refractivity contribution in [3.63, 3.8) is 0 Å². The molecule has 1 N–H and O–H groups in total. The highest BCUT2D eigenvalue weighted by Gasteiger charge is 2.57. The van der Waals surface area contributed by atoms with Crippen LogP contribution in [0.5, 0.6) is 5.75 Å². The number of ether oxygens (including phenoxy) is 2. The van der Waals surface area contributed by atoms with E-state index in [1.165, 1.54) is 19.4 Å². The van der Waals surface area contributed by atoms with Crippen LogP contribution in [0.4, 0.5) is 8.78 Å². The predicted molar refractivity (Wildman–Crippen MR) is 111 cm³/mol. The Morgan fingerprint density at radius 3 is 2.66 bits per heavy atom. The van der Waals surface area contributed by atoms with Crippen LogP contribution < -0.4 is 15.5 Å². The van der Waals surface area contributed by atoms with Crippen LogP contribution in [-0.2, 0) is 17.8 Å². The van der Waals surface area contributed by atoms with Crippen molar-refractivity contribution in [1.29, 1.82) is 0 Å². The number of rotatable bonds is 4. The Bertz CT molecular complexity index is 1170. The van der Waals surface area contributed by atoms with Gasteiger partial charge in [-0.25, -0.2) is 8.78 Å². The highest BCUT2D eigenvalue weighted by atomic mass is 19.1. The maximum Gasteiger partial charge on any atom is 0.257 e. The van der Waals surface area contributed by atoms with E-state index in [0.717, 1.165) is 12.5 Å². The van der Waals surface area contributed by atoms with Crippen LogP contribution in [0.15, 0.2) is 29.2 Å². The summed E-state index contributed by atoms with van der Waals surface area (Å²) in [6.45, 7) is 4.16. The van der Waals surface area contributed by atoms with Crippen molar-refractivity contribution in [3.05, 3.63) is 63.1 Å². The number of methoxy groups -OCH3 is 1. The SMILES string of the molecule is COc1c2n(cc(C(=O)NCc3ccc(F)cc3F)c1=O)CC1(CCCO1)C(C)(C)C2=O. The molecule has 2 aliphatic rings. The summed E-state index contributed by atoms with van der Waals surface area (Å²) in [6, 6.07) is 3.01. The van der Waals surface area contributed by atoms with Gasteiger partial charge in [0.15, 0.2) is 11.5 Å². The smallest absolute Gasteiger partial charge is 0.257 e. The number of halogens is 2. The lowest BCUT2D eigenvalue weighted by Gasteiger charge is -2.47. The van der Waals surface area contributed by atoms with Crippen LogP contribution in [0.1, 0.15) is 53.1 Å². The second-order valence-electron chi connectivity index (χ2n) is 8.70. The number of amides is 1. The molecule has 0 aliphatic carbocycles. The second kappa shape index (κ2) is 7.81. The molecule has 170 valence electrons. The molecule has 2 aliphatic heterocycles. The van der Waals surface area contributed by atoms with Crippen LogP contribution in [0.25, 0.3) is 0 Å². The number of pyridine rings is 1. The first-order valence-electron chi connectivity index (χ1n) is 10.3. The van der Waals surface area contributed by atoms with E-state index >= 15 is 0 Å². The molecule has 1 unspecified atom stereocenters. The van der Waals surface area contributed by atoms with Gasteiger partial charge in [0, 0.05) is 31.0 Å². The molecular weight excluding hydrogens is 422 g/mol. The molecule has 2 aromatic rings. The van der Waals surface area contributed by atoms with Gasteiger partial charge in [-0.15, -0.1) is 0 Å². The number of Topliss-reactive ketones (excluding diaryl/α,β-unsaturated/α-hetero) is 1. The summed E-state index contributed by atoms with van der Waals surface area (Å²) >= 11 is 0. The van der Waals surface area contributed by atoms with Crippen molar-refractivity contribution in [3.8, 4) is 5.75 Å². The highest BCUT2D eigenvalue weighted by molar-refractivity contribution is 6.04. The Labute approximate surface area is 183 Å². The van der Waals surface area contributed by atoms with E-state index in [2.05, 4.69) is 5.32 Å². The summed E-state index contributed by atoms with van der Waals surface area (Å²) in [7, 11) is 1.27.